The van der Waals surface area contributed by atoms with Gasteiger partial charge in [0, 0.05) is 19.8 Å². The Morgan fingerprint density at radius 2 is 1.75 bits per heavy atom. The van der Waals surface area contributed by atoms with Crippen molar-refractivity contribution in [1.29, 1.82) is 0 Å². The van der Waals surface area contributed by atoms with Crippen molar-refractivity contribution in [2.75, 3.05) is 19.8 Å². The van der Waals surface area contributed by atoms with Crippen LogP contribution in [0.5, 0.6) is 0 Å². The van der Waals surface area contributed by atoms with Gasteiger partial charge < -0.3 is 21.9 Å². The Morgan fingerprint density at radius 1 is 1.06 bits per heavy atom. The fourth-order valence-corrected chi connectivity index (χ4v) is 1.08. The molecule has 0 aliphatic heterocycles. The number of ether oxygens (including phenoxy) is 1. The monoisotopic (exact) mass is 229 g/mol. The molecule has 94 valence electrons. The number of aliphatic imine (C=N–C) groups is 2. The molecule has 6 heteroatoms. The summed E-state index contributed by atoms with van der Waals surface area (Å²) in [5.74, 6) is 0.0445. The van der Waals surface area contributed by atoms with Crippen molar-refractivity contribution in [2.24, 2.45) is 27.2 Å². The third-order valence-corrected chi connectivity index (χ3v) is 1.86. The fourth-order valence-electron chi connectivity index (χ4n) is 1.08. The number of nitrogens with zero attached hydrogens (tertiary/aromatic N) is 2. The van der Waals surface area contributed by atoms with Gasteiger partial charge in [0.15, 0.2) is 5.96 Å². The van der Waals surface area contributed by atoms with Crippen molar-refractivity contribution in [1.82, 2.24) is 0 Å². The molecule has 0 aromatic heterocycles. The predicted molar refractivity (Wildman–Crippen MR) is 67.3 cm³/mol. The third-order valence-electron chi connectivity index (χ3n) is 1.86. The summed E-state index contributed by atoms with van der Waals surface area (Å²) in [6.07, 6.45) is 4.38. The van der Waals surface area contributed by atoms with Crippen molar-refractivity contribution >= 4 is 11.9 Å². The van der Waals surface area contributed by atoms with Crippen molar-refractivity contribution in [3.63, 3.8) is 0 Å². The molecular formula is C10H23N5O. The van der Waals surface area contributed by atoms with Crippen LogP contribution in [0.15, 0.2) is 9.98 Å². The summed E-state index contributed by atoms with van der Waals surface area (Å²) in [6, 6.07) is 0. The fraction of sp³-hybridized carbons (Fsp3) is 0.800. The molecule has 0 amide bonds. The average molecular weight is 229 g/mol. The molecule has 0 saturated carbocycles. The van der Waals surface area contributed by atoms with Gasteiger partial charge in [-0.1, -0.05) is 19.8 Å². The van der Waals surface area contributed by atoms with Crippen LogP contribution in [-0.4, -0.2) is 31.7 Å². The molecule has 0 aromatic rings. The minimum Gasteiger partial charge on any atom is -0.381 e. The summed E-state index contributed by atoms with van der Waals surface area (Å²) >= 11 is 0. The zero-order valence-corrected chi connectivity index (χ0v) is 9.98. The van der Waals surface area contributed by atoms with Gasteiger partial charge >= 0.3 is 0 Å². The molecule has 0 atom stereocenters. The van der Waals surface area contributed by atoms with Crippen LogP contribution in [0.25, 0.3) is 0 Å². The molecular weight excluding hydrogens is 206 g/mol. The minimum atomic E-state index is -0.0722. The van der Waals surface area contributed by atoms with Crippen LogP contribution in [0.3, 0.4) is 0 Å². The maximum absolute atomic E-state index is 5.42. The molecule has 0 heterocycles. The van der Waals surface area contributed by atoms with Gasteiger partial charge in [-0.15, -0.1) is 0 Å². The maximum atomic E-state index is 5.42. The van der Waals surface area contributed by atoms with E-state index >= 15 is 0 Å². The Labute approximate surface area is 96.9 Å². The summed E-state index contributed by atoms with van der Waals surface area (Å²) in [4.78, 5) is 7.56. The molecule has 0 fully saturated rings. The van der Waals surface area contributed by atoms with Crippen molar-refractivity contribution < 1.29 is 4.74 Å². The summed E-state index contributed by atoms with van der Waals surface area (Å²) in [5, 5.41) is 0. The van der Waals surface area contributed by atoms with Crippen LogP contribution in [0.4, 0.5) is 0 Å². The number of nitrogens with two attached hydrogens (primary N) is 3. The highest BCUT2D eigenvalue weighted by atomic mass is 16.5. The second-order valence-corrected chi connectivity index (χ2v) is 3.45. The number of hydrogen-bond acceptors (Lipinski definition) is 2. The lowest BCUT2D eigenvalue weighted by molar-refractivity contribution is 0.129. The van der Waals surface area contributed by atoms with Gasteiger partial charge in [-0.05, 0) is 12.8 Å². The average Bonchev–Trinajstić information content (AvgIpc) is 2.21. The van der Waals surface area contributed by atoms with Crippen LogP contribution < -0.4 is 17.2 Å². The highest BCUT2D eigenvalue weighted by molar-refractivity contribution is 5.92. The zero-order chi connectivity index (χ0) is 12.2. The van der Waals surface area contributed by atoms with Crippen LogP contribution in [0, 0.1) is 0 Å². The molecule has 0 aliphatic carbocycles. The van der Waals surface area contributed by atoms with E-state index in [1.807, 2.05) is 0 Å². The van der Waals surface area contributed by atoms with Crippen molar-refractivity contribution in [3.8, 4) is 0 Å². The first kappa shape index (κ1) is 14.7. The van der Waals surface area contributed by atoms with Crippen molar-refractivity contribution in [2.45, 2.75) is 32.6 Å². The molecule has 0 spiro atoms. The molecule has 0 bridgehead atoms. The Balaban J connectivity index is 3.36. The third kappa shape index (κ3) is 10.8. The van der Waals surface area contributed by atoms with E-state index in [-0.39, 0.29) is 11.9 Å². The standard InChI is InChI=1S/C10H23N5O/c1-2-3-4-7-16-8-5-6-14-10(13)15-9(11)12/h2-8H2,1H3,(H6,11,12,13,14,15). The molecule has 0 aromatic carbocycles. The molecule has 0 unspecified atom stereocenters. The molecule has 16 heavy (non-hydrogen) atoms. The van der Waals surface area contributed by atoms with Crippen LogP contribution in [0.2, 0.25) is 0 Å². The molecule has 0 rings (SSSR count). The summed E-state index contributed by atoms with van der Waals surface area (Å²) in [5.41, 5.74) is 15.7. The Hall–Kier alpha value is -1.30. The number of guanidine groups is 2. The Kier molecular flexibility index (Phi) is 9.39. The first-order valence-electron chi connectivity index (χ1n) is 5.64. The van der Waals surface area contributed by atoms with Crippen LogP contribution >= 0.6 is 0 Å². The highest BCUT2D eigenvalue weighted by Crippen LogP contribution is 1.94. The smallest absolute Gasteiger partial charge is 0.218 e. The molecule has 6 N–H and O–H groups in total. The first-order valence-corrected chi connectivity index (χ1v) is 5.64. The van der Waals surface area contributed by atoms with Gasteiger partial charge in [-0.3, -0.25) is 4.99 Å². The quantitative estimate of drug-likeness (QED) is 0.313. The number of unbranched alkanes of at least 4 members (excludes halogenated alkanes) is 2. The molecule has 0 aliphatic rings. The van der Waals surface area contributed by atoms with E-state index in [9.17, 15) is 0 Å². The Morgan fingerprint density at radius 3 is 2.38 bits per heavy atom. The second kappa shape index (κ2) is 10.2. The van der Waals surface area contributed by atoms with Gasteiger partial charge in [-0.2, -0.15) is 4.99 Å². The lowest BCUT2D eigenvalue weighted by Crippen LogP contribution is -2.26. The minimum absolute atomic E-state index is 0.0722. The maximum Gasteiger partial charge on any atom is 0.218 e. The Bertz CT molecular complexity index is 223. The largest absolute Gasteiger partial charge is 0.381 e. The first-order chi connectivity index (χ1) is 7.66. The van der Waals surface area contributed by atoms with Crippen LogP contribution in [-0.2, 0) is 4.74 Å². The van der Waals surface area contributed by atoms with E-state index in [1.165, 1.54) is 12.8 Å². The van der Waals surface area contributed by atoms with E-state index in [0.717, 1.165) is 19.4 Å². The van der Waals surface area contributed by atoms with E-state index in [4.69, 9.17) is 21.9 Å². The van der Waals surface area contributed by atoms with E-state index in [2.05, 4.69) is 16.9 Å². The summed E-state index contributed by atoms with van der Waals surface area (Å²) in [7, 11) is 0. The van der Waals surface area contributed by atoms with Gasteiger partial charge in [0.1, 0.15) is 0 Å². The van der Waals surface area contributed by atoms with E-state index in [1.54, 1.807) is 0 Å². The molecule has 0 radical (unpaired) electrons. The zero-order valence-electron chi connectivity index (χ0n) is 9.98. The van der Waals surface area contributed by atoms with E-state index in [0.29, 0.717) is 13.2 Å². The predicted octanol–water partition coefficient (Wildman–Crippen LogP) is 0.171. The molecule has 0 saturated heterocycles. The summed E-state index contributed by atoms with van der Waals surface area (Å²) < 4.78 is 5.40. The van der Waals surface area contributed by atoms with Gasteiger partial charge in [-0.25, -0.2) is 0 Å². The van der Waals surface area contributed by atoms with Gasteiger partial charge in [0.2, 0.25) is 5.96 Å². The van der Waals surface area contributed by atoms with Crippen LogP contribution in [0.1, 0.15) is 32.6 Å². The molecule has 6 nitrogen and oxygen atoms in total. The highest BCUT2D eigenvalue weighted by Gasteiger charge is 1.91. The number of rotatable bonds is 8. The lowest BCUT2D eigenvalue weighted by Gasteiger charge is -2.01. The van der Waals surface area contributed by atoms with E-state index < -0.39 is 0 Å². The lowest BCUT2D eigenvalue weighted by atomic mass is 10.3. The number of hydrogen-bond donors (Lipinski definition) is 3. The van der Waals surface area contributed by atoms with Gasteiger partial charge in [0.05, 0.1) is 0 Å². The van der Waals surface area contributed by atoms with Gasteiger partial charge in [0.25, 0.3) is 0 Å². The second-order valence-electron chi connectivity index (χ2n) is 3.45. The summed E-state index contributed by atoms with van der Waals surface area (Å²) in [6.45, 7) is 4.26. The SMILES string of the molecule is CCCCCOCCCN=C(N)N=C(N)N. The van der Waals surface area contributed by atoms with Crippen molar-refractivity contribution in [3.05, 3.63) is 0 Å². The normalized spacial score (nSPS) is 11.4. The topological polar surface area (TPSA) is 112 Å².